The number of nitrogens with one attached hydrogen (secondary N) is 3. The summed E-state index contributed by atoms with van der Waals surface area (Å²) in [4.78, 5) is 64.1. The first-order valence-electron chi connectivity index (χ1n) is 44.4. The summed E-state index contributed by atoms with van der Waals surface area (Å²) in [5, 5.41) is 18.7. The lowest BCUT2D eigenvalue weighted by molar-refractivity contribution is -0.136. The van der Waals surface area contributed by atoms with Gasteiger partial charge in [0.2, 0.25) is 11.8 Å². The summed E-state index contributed by atoms with van der Waals surface area (Å²) in [6.45, 7) is 97.3. The highest BCUT2D eigenvalue weighted by atomic mass is 79.9. The van der Waals surface area contributed by atoms with Crippen molar-refractivity contribution in [3.8, 4) is 0 Å². The molecule has 1 aliphatic rings. The summed E-state index contributed by atoms with van der Waals surface area (Å²) in [5.41, 5.74) is 67.5. The molecule has 4 N–H and O–H groups in total. The smallest absolute Gasteiger partial charge is 0.315 e. The highest BCUT2D eigenvalue weighted by Crippen LogP contribution is 2.48. The lowest BCUT2D eigenvalue weighted by atomic mass is 9.89. The maximum atomic E-state index is 13.1. The van der Waals surface area contributed by atoms with Crippen LogP contribution in [0.15, 0.2) is 22.7 Å². The topological polar surface area (TPSA) is 148 Å². The Morgan fingerprint density at radius 3 is 1.01 bits per heavy atom. The number of aryl methyl sites for hydroxylation is 3. The standard InChI is InChI=1S/C23H28ClNO2.C23H31NO2.C23H29NO.C21H29N.C13H19NO.C10H13Br/c1-11-10-20(17(7)13(3)12(11)2)25(23(27)22(24)26)21-18(8)15(5)14(4)16(6)19(21)9;1-11-13(3)17(7)22(18(8)14(11)4)24-23-19(9)15(5)12(2)16(6)20(23)10-21(25)26;1-11-13(3)17(7)22(18(8)14(11)4)24-21(25)10-20-16(6)12(2)15(5)19(9)23(20)24;1-11-10-20(17(7)13(3)12(11)2)22-21-18(8)15(5)14(4)16(6)19(21)9;1-7-8(2)10(4)13(14-12(6)15)11(5)9(7)3;1-6-5-10(11)9(4)8(3)7(6)2/h10H,1-9H3;24H,10H2,1-9H3,(H,25,26);10H2,1-9H3;10,22H,1-9H3;1-6H3,(H,14,15);5H,1-4H3. The summed E-state index contributed by atoms with van der Waals surface area (Å²) in [7, 11) is 0. The van der Waals surface area contributed by atoms with Gasteiger partial charge in [-0.15, -0.1) is 0 Å². The van der Waals surface area contributed by atoms with E-state index in [9.17, 15) is 29.1 Å². The molecular formula is C113H149BrClN5O6. The van der Waals surface area contributed by atoms with E-state index in [1.165, 1.54) is 227 Å². The minimum absolute atomic E-state index is 0.0103. The van der Waals surface area contributed by atoms with E-state index in [0.29, 0.717) is 12.1 Å². The van der Waals surface area contributed by atoms with Gasteiger partial charge >= 0.3 is 17.1 Å². The van der Waals surface area contributed by atoms with Crippen LogP contribution < -0.4 is 25.8 Å². The second kappa shape index (κ2) is 41.5. The van der Waals surface area contributed by atoms with Crippen LogP contribution in [0.4, 0.5) is 51.2 Å². The van der Waals surface area contributed by atoms with Crippen molar-refractivity contribution in [2.75, 3.05) is 25.8 Å². The first kappa shape index (κ1) is 105. The summed E-state index contributed by atoms with van der Waals surface area (Å²) in [6.07, 6.45) is 0.534. The van der Waals surface area contributed by atoms with Crippen molar-refractivity contribution >= 4 is 108 Å². The summed E-state index contributed by atoms with van der Waals surface area (Å²) < 4.78 is 1.22. The fraction of sp³-hybridized carbons (Fsp3) is 0.425. The van der Waals surface area contributed by atoms with Gasteiger partial charge < -0.3 is 21.1 Å². The molecule has 1 heterocycles. The molecule has 0 aromatic heterocycles. The van der Waals surface area contributed by atoms with Gasteiger partial charge in [0.05, 0.1) is 35.6 Å². The molecule has 10 aromatic rings. The number of carbonyl (C=O) groups excluding carboxylic acids is 4. The largest absolute Gasteiger partial charge is 0.481 e. The molecule has 11 rings (SSSR count). The molecule has 10 aromatic carbocycles. The lowest BCUT2D eigenvalue weighted by Gasteiger charge is -2.30. The van der Waals surface area contributed by atoms with E-state index >= 15 is 0 Å². The molecule has 1 aliphatic heterocycles. The molecule has 3 amide bonds. The number of anilines is 9. The van der Waals surface area contributed by atoms with Gasteiger partial charge in [-0.2, -0.15) is 0 Å². The van der Waals surface area contributed by atoms with Crippen molar-refractivity contribution in [1.82, 2.24) is 0 Å². The normalized spacial score (nSPS) is 11.3. The monoisotopic (exact) mass is 1790 g/mol. The fourth-order valence-electron chi connectivity index (χ4n) is 17.9. The summed E-state index contributed by atoms with van der Waals surface area (Å²) in [6, 6.07) is 6.43. The van der Waals surface area contributed by atoms with Crippen molar-refractivity contribution in [3.63, 3.8) is 0 Å². The van der Waals surface area contributed by atoms with Gasteiger partial charge in [0, 0.05) is 39.8 Å². The van der Waals surface area contributed by atoms with Gasteiger partial charge in [-0.25, -0.2) is 0 Å². The molecule has 11 nitrogen and oxygen atoms in total. The maximum absolute atomic E-state index is 13.1. The van der Waals surface area contributed by atoms with Crippen molar-refractivity contribution < 1.29 is 29.1 Å². The van der Waals surface area contributed by atoms with Gasteiger partial charge in [0.15, 0.2) is 0 Å². The Labute approximate surface area is 772 Å². The van der Waals surface area contributed by atoms with E-state index in [2.05, 4.69) is 300 Å². The number of halogens is 2. The van der Waals surface area contributed by atoms with Crippen LogP contribution >= 0.6 is 27.5 Å². The third-order valence-electron chi connectivity index (χ3n) is 30.9. The molecule has 0 fully saturated rings. The zero-order chi connectivity index (χ0) is 96.6. The lowest BCUT2D eigenvalue weighted by Crippen LogP contribution is -2.33. The number of amides is 3. The van der Waals surface area contributed by atoms with Crippen LogP contribution in [0.1, 0.15) is 268 Å². The summed E-state index contributed by atoms with van der Waals surface area (Å²) in [5.74, 6) is -1.34. The number of carboxylic acid groups (broad SMARTS) is 1. The van der Waals surface area contributed by atoms with Gasteiger partial charge in [-0.05, 0) is 603 Å². The van der Waals surface area contributed by atoms with Crippen LogP contribution in [0.2, 0.25) is 0 Å². The molecule has 0 saturated heterocycles. The second-order valence-corrected chi connectivity index (χ2v) is 37.9. The van der Waals surface area contributed by atoms with Crippen LogP contribution in [-0.2, 0) is 36.8 Å². The SMILES string of the molecule is CC(=O)Nc1c(C)c(C)c(C)c(C)c1C.Cc1c(C)c(C)c(N2C(=O)Cc3c(C)c(C)c(C)c(C)c32)c(C)c1C.Cc1c(C)c(C)c(Nc2c(C)c(C)c(C)c(C)c2CC(=O)O)c(C)c1C.Cc1cc(Br)c(C)c(C)c1C.Cc1cc(N(C(=O)C(=O)Cl)c2c(C)c(C)c(C)c(C)c2C)c(C)c(C)c1C.Cc1cc(Nc2c(C)c(C)c(C)c(C)c2C)c(C)c(C)c1C. The van der Waals surface area contributed by atoms with Crippen molar-refractivity contribution in [1.29, 1.82) is 0 Å². The predicted molar refractivity (Wildman–Crippen MR) is 546 cm³/mol. The molecule has 0 atom stereocenters. The first-order chi connectivity index (χ1) is 58.0. The van der Waals surface area contributed by atoms with Crippen molar-refractivity contribution in [3.05, 3.63) is 284 Å². The van der Waals surface area contributed by atoms with Crippen LogP contribution in [0.3, 0.4) is 0 Å². The number of aliphatic carboxylic acids is 1. The molecule has 0 unspecified atom stereocenters. The molecule has 676 valence electrons. The quantitative estimate of drug-likeness (QED) is 0.0739. The fourth-order valence-corrected chi connectivity index (χ4v) is 18.6. The Hall–Kier alpha value is -9.88. The number of benzene rings is 10. The van der Waals surface area contributed by atoms with Crippen LogP contribution in [0.5, 0.6) is 0 Å². The third kappa shape index (κ3) is 20.6. The Morgan fingerprint density at radius 1 is 0.333 bits per heavy atom. The van der Waals surface area contributed by atoms with Gasteiger partial charge in [-0.1, -0.05) is 15.9 Å². The number of rotatable bonds is 11. The summed E-state index contributed by atoms with van der Waals surface area (Å²) >= 11 is 9.20. The average Bonchev–Trinajstić information content (AvgIpc) is 1.58. The minimum atomic E-state index is -0.986. The van der Waals surface area contributed by atoms with Crippen LogP contribution in [0.25, 0.3) is 0 Å². The number of fused-ring (bicyclic) bond motifs is 1. The zero-order valence-corrected chi connectivity index (χ0v) is 88.1. The molecule has 0 spiro atoms. The zero-order valence-electron chi connectivity index (χ0n) is 85.8. The van der Waals surface area contributed by atoms with Crippen LogP contribution in [0, 0.1) is 312 Å². The van der Waals surface area contributed by atoms with E-state index in [0.717, 1.165) is 89.8 Å². The molecule has 13 heteroatoms. The molecular weight excluding hydrogens is 1640 g/mol. The second-order valence-electron chi connectivity index (χ2n) is 36.7. The molecule has 0 radical (unpaired) electrons. The average molecular weight is 1790 g/mol. The number of carboxylic acids is 1. The van der Waals surface area contributed by atoms with Gasteiger partial charge in [0.25, 0.3) is 0 Å². The highest BCUT2D eigenvalue weighted by Gasteiger charge is 2.37. The Morgan fingerprint density at radius 2 is 0.627 bits per heavy atom. The van der Waals surface area contributed by atoms with E-state index in [4.69, 9.17) is 11.6 Å². The minimum Gasteiger partial charge on any atom is -0.481 e. The molecule has 0 saturated carbocycles. The van der Waals surface area contributed by atoms with E-state index in [1.807, 2.05) is 66.4 Å². The van der Waals surface area contributed by atoms with Crippen molar-refractivity contribution in [2.45, 2.75) is 331 Å². The number of nitrogens with zero attached hydrogens (tertiary/aromatic N) is 2. The Kier molecular flexibility index (Phi) is 34.5. The number of hydrogen-bond acceptors (Lipinski definition) is 7. The van der Waals surface area contributed by atoms with Crippen molar-refractivity contribution in [2.24, 2.45) is 0 Å². The van der Waals surface area contributed by atoms with Crippen LogP contribution in [-0.4, -0.2) is 34.0 Å². The number of carbonyl (C=O) groups is 5. The highest BCUT2D eigenvalue weighted by molar-refractivity contribution is 9.10. The maximum Gasteiger partial charge on any atom is 0.315 e. The van der Waals surface area contributed by atoms with E-state index in [1.54, 1.807) is 6.92 Å². The van der Waals surface area contributed by atoms with E-state index in [-0.39, 0.29) is 18.2 Å². The Bertz CT molecular complexity index is 5970. The molecule has 0 aliphatic carbocycles. The van der Waals surface area contributed by atoms with Gasteiger partial charge in [0.1, 0.15) is 0 Å². The first-order valence-corrected chi connectivity index (χ1v) is 45.5. The van der Waals surface area contributed by atoms with E-state index < -0.39 is 17.1 Å². The molecule has 0 bridgehead atoms. The third-order valence-corrected chi connectivity index (χ3v) is 31.9. The van der Waals surface area contributed by atoms with Gasteiger partial charge in [-0.3, -0.25) is 33.8 Å². The Balaban J connectivity index is 0.000000238. The number of hydrogen-bond donors (Lipinski definition) is 4. The predicted octanol–water partition coefficient (Wildman–Crippen LogP) is 30.5. The molecule has 126 heavy (non-hydrogen) atoms.